The molecule has 0 saturated heterocycles. The van der Waals surface area contributed by atoms with Crippen LogP contribution in [0.1, 0.15) is 70.4 Å². The van der Waals surface area contributed by atoms with E-state index in [0.717, 1.165) is 36.0 Å². The fraction of sp³-hybridized carbons (Fsp3) is 0.680. The molecule has 0 bridgehead atoms. The molecule has 1 N–H and O–H groups in total. The molecule has 1 heterocycles. The molecule has 164 valence electrons. The molecule has 4 rings (SSSR count). The lowest BCUT2D eigenvalue weighted by Crippen LogP contribution is -2.26. The predicted octanol–water partition coefficient (Wildman–Crippen LogP) is 5.70. The van der Waals surface area contributed by atoms with Crippen molar-refractivity contribution in [3.8, 4) is 11.5 Å². The summed E-state index contributed by atoms with van der Waals surface area (Å²) < 4.78 is 16.9. The van der Waals surface area contributed by atoms with Gasteiger partial charge in [0.1, 0.15) is 6.10 Å². The van der Waals surface area contributed by atoms with E-state index in [4.69, 9.17) is 14.2 Å². The number of rotatable bonds is 6. The Bertz CT molecular complexity index is 666. The van der Waals surface area contributed by atoms with Crippen molar-refractivity contribution in [1.82, 2.24) is 5.32 Å². The number of ether oxygens (including phenoxy) is 3. The summed E-state index contributed by atoms with van der Waals surface area (Å²) in [5, 5.41) is 3.13. The Morgan fingerprint density at radius 2 is 1.93 bits per heavy atom. The van der Waals surface area contributed by atoms with Crippen molar-refractivity contribution >= 4 is 0 Å². The van der Waals surface area contributed by atoms with E-state index >= 15 is 0 Å². The molecule has 1 aromatic rings. The minimum absolute atomic E-state index is 0.219. The van der Waals surface area contributed by atoms with Gasteiger partial charge in [-0.1, -0.05) is 19.9 Å². The highest BCUT2D eigenvalue weighted by Gasteiger charge is 2.42. The van der Waals surface area contributed by atoms with Crippen LogP contribution in [0.4, 0.5) is 0 Å². The van der Waals surface area contributed by atoms with Crippen molar-refractivity contribution in [2.24, 2.45) is 11.8 Å². The number of methoxy groups -OCH3 is 2. The fourth-order valence-corrected chi connectivity index (χ4v) is 4.40. The Balaban J connectivity index is 0.000000317. The van der Waals surface area contributed by atoms with Crippen LogP contribution in [-0.4, -0.2) is 33.9 Å². The van der Waals surface area contributed by atoms with Crippen LogP contribution in [0, 0.1) is 11.8 Å². The highest BCUT2D eigenvalue weighted by atomic mass is 16.5. The first-order valence-corrected chi connectivity index (χ1v) is 11.3. The lowest BCUT2D eigenvalue weighted by atomic mass is 9.72. The second-order valence-corrected chi connectivity index (χ2v) is 8.07. The average Bonchev–Trinajstić information content (AvgIpc) is 3.51. The molecule has 0 aromatic heterocycles. The summed E-state index contributed by atoms with van der Waals surface area (Å²) in [5.74, 6) is 4.97. The van der Waals surface area contributed by atoms with Crippen LogP contribution in [0.5, 0.6) is 11.5 Å². The number of hydrogen-bond acceptors (Lipinski definition) is 4. The molecule has 3 atom stereocenters. The highest BCUT2D eigenvalue weighted by molar-refractivity contribution is 5.56. The SMILES string of the molecule is CC.CNCC1CC1.CO/C(C)=C/CC1CCc2ccc(OC)c3c2C1C(C)O3. The molecule has 0 spiro atoms. The van der Waals surface area contributed by atoms with Gasteiger partial charge in [-0.2, -0.15) is 0 Å². The van der Waals surface area contributed by atoms with Crippen LogP contribution in [0.25, 0.3) is 0 Å². The highest BCUT2D eigenvalue weighted by Crippen LogP contribution is 2.53. The fourth-order valence-electron chi connectivity index (χ4n) is 4.40. The van der Waals surface area contributed by atoms with E-state index < -0.39 is 0 Å². The molecule has 2 aliphatic carbocycles. The first kappa shape index (κ1) is 23.6. The monoisotopic (exact) mass is 403 g/mol. The maximum Gasteiger partial charge on any atom is 0.165 e. The molecule has 3 unspecified atom stereocenters. The number of allylic oxidation sites excluding steroid dienone is 2. The third-order valence-electron chi connectivity index (χ3n) is 6.13. The van der Waals surface area contributed by atoms with E-state index in [-0.39, 0.29) is 6.10 Å². The first-order chi connectivity index (χ1) is 14.1. The molecule has 0 amide bonds. The number of hydrogen-bond donors (Lipinski definition) is 1. The Hall–Kier alpha value is -1.68. The van der Waals surface area contributed by atoms with Crippen molar-refractivity contribution in [3.63, 3.8) is 0 Å². The summed E-state index contributed by atoms with van der Waals surface area (Å²) >= 11 is 0. The maximum absolute atomic E-state index is 6.14. The van der Waals surface area contributed by atoms with Gasteiger partial charge in [0.15, 0.2) is 11.5 Å². The molecule has 1 saturated carbocycles. The number of aryl methyl sites for hydroxylation is 1. The van der Waals surface area contributed by atoms with Gasteiger partial charge in [0.05, 0.1) is 20.0 Å². The third-order valence-corrected chi connectivity index (χ3v) is 6.13. The zero-order valence-corrected chi connectivity index (χ0v) is 19.5. The van der Waals surface area contributed by atoms with Crippen molar-refractivity contribution < 1.29 is 14.2 Å². The molecule has 1 aliphatic heterocycles. The summed E-state index contributed by atoms with van der Waals surface area (Å²) in [6.07, 6.45) is 8.74. The first-order valence-electron chi connectivity index (χ1n) is 11.3. The maximum atomic E-state index is 6.14. The Morgan fingerprint density at radius 3 is 2.48 bits per heavy atom. The Labute approximate surface area is 178 Å². The summed E-state index contributed by atoms with van der Waals surface area (Å²) in [6.45, 7) is 9.43. The van der Waals surface area contributed by atoms with E-state index in [9.17, 15) is 0 Å². The topological polar surface area (TPSA) is 39.7 Å². The molecular weight excluding hydrogens is 362 g/mol. The number of benzene rings is 1. The van der Waals surface area contributed by atoms with Crippen molar-refractivity contribution in [3.05, 3.63) is 35.1 Å². The largest absolute Gasteiger partial charge is 0.502 e. The smallest absolute Gasteiger partial charge is 0.165 e. The molecular formula is C25H41NO3. The van der Waals surface area contributed by atoms with Crippen LogP contribution >= 0.6 is 0 Å². The van der Waals surface area contributed by atoms with Crippen LogP contribution < -0.4 is 14.8 Å². The van der Waals surface area contributed by atoms with Crippen LogP contribution in [0.3, 0.4) is 0 Å². The molecule has 4 nitrogen and oxygen atoms in total. The van der Waals surface area contributed by atoms with Gasteiger partial charge in [-0.25, -0.2) is 0 Å². The Kier molecular flexibility index (Phi) is 9.35. The Morgan fingerprint density at radius 1 is 1.21 bits per heavy atom. The number of nitrogens with one attached hydrogen (secondary N) is 1. The van der Waals surface area contributed by atoms with Crippen LogP contribution in [0.2, 0.25) is 0 Å². The van der Waals surface area contributed by atoms with E-state index in [1.54, 1.807) is 14.2 Å². The van der Waals surface area contributed by atoms with Crippen molar-refractivity contribution in [1.29, 1.82) is 0 Å². The van der Waals surface area contributed by atoms with E-state index in [2.05, 4.69) is 24.4 Å². The molecule has 1 aromatic carbocycles. The minimum Gasteiger partial charge on any atom is -0.502 e. The van der Waals surface area contributed by atoms with Gasteiger partial charge < -0.3 is 19.5 Å². The third kappa shape index (κ3) is 5.91. The average molecular weight is 404 g/mol. The van der Waals surface area contributed by atoms with Gasteiger partial charge >= 0.3 is 0 Å². The quantitative estimate of drug-likeness (QED) is 0.618. The van der Waals surface area contributed by atoms with Crippen LogP contribution in [0.15, 0.2) is 24.0 Å². The van der Waals surface area contributed by atoms with Crippen molar-refractivity contribution in [2.45, 2.75) is 71.8 Å². The van der Waals surface area contributed by atoms with Gasteiger partial charge in [-0.3, -0.25) is 0 Å². The van der Waals surface area contributed by atoms with E-state index in [0.29, 0.717) is 11.8 Å². The standard InChI is InChI=1S/C18H24O3.C5H11N.C2H6/c1-11(19-3)5-6-13-7-8-14-9-10-15(20-4)18-17(14)16(13)12(2)21-18;1-6-4-5-2-3-5;1-2/h5,9-10,12-13,16H,6-8H2,1-4H3;5-6H,2-4H2,1H3;1-2H3/b11-5+;;. The second kappa shape index (κ2) is 11.5. The second-order valence-electron chi connectivity index (χ2n) is 8.07. The zero-order chi connectivity index (χ0) is 21.4. The van der Waals surface area contributed by atoms with Gasteiger partial charge in [0.2, 0.25) is 0 Å². The van der Waals surface area contributed by atoms with Gasteiger partial charge in [-0.05, 0) is 89.1 Å². The van der Waals surface area contributed by atoms with Gasteiger partial charge in [-0.15, -0.1) is 0 Å². The lowest BCUT2D eigenvalue weighted by molar-refractivity contribution is 0.182. The summed E-state index contributed by atoms with van der Waals surface area (Å²) in [6, 6.07) is 4.25. The van der Waals surface area contributed by atoms with Gasteiger partial charge in [0.25, 0.3) is 0 Å². The van der Waals surface area contributed by atoms with Gasteiger partial charge in [0, 0.05) is 11.5 Å². The molecule has 29 heavy (non-hydrogen) atoms. The van der Waals surface area contributed by atoms with E-state index in [1.807, 2.05) is 33.9 Å². The minimum atomic E-state index is 0.219. The summed E-state index contributed by atoms with van der Waals surface area (Å²) in [5.41, 5.74) is 2.82. The lowest BCUT2D eigenvalue weighted by Gasteiger charge is -2.31. The summed E-state index contributed by atoms with van der Waals surface area (Å²) in [4.78, 5) is 0. The predicted molar refractivity (Wildman–Crippen MR) is 121 cm³/mol. The van der Waals surface area contributed by atoms with Crippen LogP contribution in [-0.2, 0) is 11.2 Å². The molecule has 1 fully saturated rings. The normalized spacial score (nSPS) is 24.2. The van der Waals surface area contributed by atoms with E-state index in [1.165, 1.54) is 36.9 Å². The van der Waals surface area contributed by atoms with Crippen molar-refractivity contribution in [2.75, 3.05) is 27.8 Å². The summed E-state index contributed by atoms with van der Waals surface area (Å²) in [7, 11) is 5.45. The zero-order valence-electron chi connectivity index (χ0n) is 19.5. The molecule has 4 heteroatoms. The molecule has 3 aliphatic rings. The molecule has 0 radical (unpaired) electrons.